The second-order valence-corrected chi connectivity index (χ2v) is 6.64. The van der Waals surface area contributed by atoms with Crippen LogP contribution in [0.3, 0.4) is 0 Å². The van der Waals surface area contributed by atoms with Crippen LogP contribution in [0, 0.1) is 5.82 Å². The predicted molar refractivity (Wildman–Crippen MR) is 89.9 cm³/mol. The lowest BCUT2D eigenvalue weighted by atomic mass is 10.1. The molecule has 25 heavy (non-hydrogen) atoms. The molecule has 1 aliphatic heterocycles. The molecule has 2 aliphatic rings. The summed E-state index contributed by atoms with van der Waals surface area (Å²) in [6.07, 6.45) is 2.48. The standard InChI is InChI=1S/C17H18FN3O4/c18-12-5-11-13(6-14(12)20-4-3-9(19)7-20)21(10-1-2-10)8-15(16(11)22)25-17(23)24/h5-6,8-10H,1-4,7,19H2,(H,23,24)/t9-/m0/s1. The Hall–Kier alpha value is -2.61. The molecule has 0 unspecified atom stereocenters. The second kappa shape index (κ2) is 5.73. The number of rotatable bonds is 3. The number of nitrogens with zero attached hydrogens (tertiary/aromatic N) is 2. The highest BCUT2D eigenvalue weighted by Gasteiger charge is 2.28. The summed E-state index contributed by atoms with van der Waals surface area (Å²) in [6.45, 7) is 1.23. The van der Waals surface area contributed by atoms with E-state index < -0.39 is 17.4 Å². The van der Waals surface area contributed by atoms with Gasteiger partial charge in [-0.2, -0.15) is 0 Å². The number of carbonyl (C=O) groups is 1. The number of fused-ring (bicyclic) bond motifs is 1. The fraction of sp³-hybridized carbons (Fsp3) is 0.412. The summed E-state index contributed by atoms with van der Waals surface area (Å²) in [4.78, 5) is 25.2. The van der Waals surface area contributed by atoms with Gasteiger partial charge in [0.05, 0.1) is 22.8 Å². The van der Waals surface area contributed by atoms with E-state index in [0.29, 0.717) is 24.3 Å². The maximum absolute atomic E-state index is 14.6. The third kappa shape index (κ3) is 2.82. The van der Waals surface area contributed by atoms with Gasteiger partial charge >= 0.3 is 6.16 Å². The first kappa shape index (κ1) is 15.9. The first-order valence-corrected chi connectivity index (χ1v) is 8.23. The normalized spacial score (nSPS) is 20.2. The molecule has 0 bridgehead atoms. The van der Waals surface area contributed by atoms with E-state index in [4.69, 9.17) is 10.8 Å². The molecule has 1 atom stereocenters. The van der Waals surface area contributed by atoms with Crippen LogP contribution in [-0.2, 0) is 0 Å². The molecule has 7 nitrogen and oxygen atoms in total. The molecule has 2 heterocycles. The van der Waals surface area contributed by atoms with Crippen molar-refractivity contribution in [3.63, 3.8) is 0 Å². The van der Waals surface area contributed by atoms with Gasteiger partial charge in [0, 0.05) is 25.2 Å². The van der Waals surface area contributed by atoms with Gasteiger partial charge in [0.2, 0.25) is 5.43 Å². The monoisotopic (exact) mass is 347 g/mol. The fourth-order valence-electron chi connectivity index (χ4n) is 3.40. The summed E-state index contributed by atoms with van der Waals surface area (Å²) in [7, 11) is 0. The minimum Gasteiger partial charge on any atom is -0.449 e. The summed E-state index contributed by atoms with van der Waals surface area (Å²) >= 11 is 0. The summed E-state index contributed by atoms with van der Waals surface area (Å²) < 4.78 is 21.0. The maximum Gasteiger partial charge on any atom is 0.511 e. The zero-order valence-electron chi connectivity index (χ0n) is 13.4. The third-order valence-electron chi connectivity index (χ3n) is 4.77. The van der Waals surface area contributed by atoms with E-state index in [9.17, 15) is 14.0 Å². The Kier molecular flexibility index (Phi) is 3.64. The van der Waals surface area contributed by atoms with E-state index in [2.05, 4.69) is 4.74 Å². The zero-order chi connectivity index (χ0) is 17.7. The highest BCUT2D eigenvalue weighted by molar-refractivity contribution is 5.85. The third-order valence-corrected chi connectivity index (χ3v) is 4.77. The van der Waals surface area contributed by atoms with Crippen LogP contribution < -0.4 is 20.8 Å². The lowest BCUT2D eigenvalue weighted by molar-refractivity contribution is 0.143. The Balaban J connectivity index is 1.90. The van der Waals surface area contributed by atoms with E-state index in [-0.39, 0.29) is 23.2 Å². The number of hydrogen-bond donors (Lipinski definition) is 2. The van der Waals surface area contributed by atoms with Crippen LogP contribution in [0.4, 0.5) is 14.9 Å². The molecule has 8 heteroatoms. The SMILES string of the molecule is N[C@H]1CCN(c2cc3c(cc2F)c(=O)c(OC(=O)O)cn3C2CC2)C1. The second-order valence-electron chi connectivity index (χ2n) is 6.64. The van der Waals surface area contributed by atoms with Crippen molar-refractivity contribution in [2.45, 2.75) is 31.3 Å². The average Bonchev–Trinajstić information content (AvgIpc) is 3.31. The smallest absolute Gasteiger partial charge is 0.449 e. The minimum absolute atomic E-state index is 0.00654. The van der Waals surface area contributed by atoms with Crippen molar-refractivity contribution in [1.82, 2.24) is 4.57 Å². The molecule has 4 rings (SSSR count). The van der Waals surface area contributed by atoms with Crippen LogP contribution in [0.15, 0.2) is 23.1 Å². The Bertz CT molecular complexity index is 922. The van der Waals surface area contributed by atoms with Crippen molar-refractivity contribution >= 4 is 22.7 Å². The number of halogens is 1. The van der Waals surface area contributed by atoms with E-state index in [0.717, 1.165) is 19.3 Å². The van der Waals surface area contributed by atoms with Gasteiger partial charge in [0.25, 0.3) is 0 Å². The molecule has 2 aromatic rings. The van der Waals surface area contributed by atoms with Crippen LogP contribution in [0.1, 0.15) is 25.3 Å². The Morgan fingerprint density at radius 3 is 2.68 bits per heavy atom. The van der Waals surface area contributed by atoms with Crippen LogP contribution in [0.25, 0.3) is 10.9 Å². The van der Waals surface area contributed by atoms with E-state index >= 15 is 0 Å². The highest BCUT2D eigenvalue weighted by Crippen LogP contribution is 2.39. The van der Waals surface area contributed by atoms with Gasteiger partial charge in [-0.25, -0.2) is 9.18 Å². The number of hydrogen-bond acceptors (Lipinski definition) is 5. The number of carboxylic acid groups (broad SMARTS) is 1. The van der Waals surface area contributed by atoms with Crippen molar-refractivity contribution in [2.75, 3.05) is 18.0 Å². The van der Waals surface area contributed by atoms with Gasteiger partial charge < -0.3 is 25.0 Å². The molecule has 1 aromatic carbocycles. The van der Waals surface area contributed by atoms with E-state index in [1.807, 2.05) is 9.47 Å². The topological polar surface area (TPSA) is 97.8 Å². The molecule has 1 saturated heterocycles. The quantitative estimate of drug-likeness (QED) is 0.825. The molecule has 2 fully saturated rings. The first-order valence-electron chi connectivity index (χ1n) is 8.23. The molecular weight excluding hydrogens is 329 g/mol. The van der Waals surface area contributed by atoms with Crippen LogP contribution in [-0.4, -0.2) is 35.0 Å². The van der Waals surface area contributed by atoms with Gasteiger partial charge in [-0.1, -0.05) is 0 Å². The molecular formula is C17H18FN3O4. The Labute approximate surface area is 142 Å². The largest absolute Gasteiger partial charge is 0.511 e. The fourth-order valence-corrected chi connectivity index (χ4v) is 3.40. The first-order chi connectivity index (χ1) is 11.9. The van der Waals surface area contributed by atoms with Gasteiger partial charge in [0.15, 0.2) is 5.75 Å². The highest BCUT2D eigenvalue weighted by atomic mass is 19.1. The lowest BCUT2D eigenvalue weighted by Crippen LogP contribution is -2.27. The Morgan fingerprint density at radius 2 is 2.08 bits per heavy atom. The number of ether oxygens (including phenoxy) is 1. The van der Waals surface area contributed by atoms with Gasteiger partial charge in [-0.15, -0.1) is 0 Å². The van der Waals surface area contributed by atoms with Crippen LogP contribution in [0.5, 0.6) is 5.75 Å². The van der Waals surface area contributed by atoms with Gasteiger partial charge in [0.1, 0.15) is 5.82 Å². The van der Waals surface area contributed by atoms with Gasteiger partial charge in [-0.05, 0) is 31.4 Å². The summed E-state index contributed by atoms with van der Waals surface area (Å²) in [5.41, 5.74) is 6.29. The van der Waals surface area contributed by atoms with Crippen LogP contribution >= 0.6 is 0 Å². The number of benzene rings is 1. The Morgan fingerprint density at radius 1 is 1.32 bits per heavy atom. The van der Waals surface area contributed by atoms with E-state index in [1.54, 1.807) is 6.07 Å². The summed E-state index contributed by atoms with van der Waals surface area (Å²) in [5.74, 6) is -0.823. The minimum atomic E-state index is -1.57. The number of anilines is 1. The van der Waals surface area contributed by atoms with Crippen molar-refractivity contribution in [2.24, 2.45) is 5.73 Å². The molecule has 132 valence electrons. The van der Waals surface area contributed by atoms with E-state index in [1.165, 1.54) is 12.3 Å². The predicted octanol–water partition coefficient (Wildman–Crippen LogP) is 2.07. The van der Waals surface area contributed by atoms with Crippen molar-refractivity contribution in [3.05, 3.63) is 34.4 Å². The van der Waals surface area contributed by atoms with Crippen molar-refractivity contribution in [1.29, 1.82) is 0 Å². The molecule has 1 saturated carbocycles. The summed E-state index contributed by atoms with van der Waals surface area (Å²) in [5, 5.41) is 8.93. The van der Waals surface area contributed by atoms with Crippen molar-refractivity contribution < 1.29 is 19.0 Å². The number of aromatic nitrogens is 1. The average molecular weight is 347 g/mol. The molecule has 3 N–H and O–H groups in total. The molecule has 1 aliphatic carbocycles. The number of pyridine rings is 1. The van der Waals surface area contributed by atoms with Gasteiger partial charge in [-0.3, -0.25) is 4.79 Å². The van der Waals surface area contributed by atoms with Crippen LogP contribution in [0.2, 0.25) is 0 Å². The zero-order valence-corrected chi connectivity index (χ0v) is 13.4. The molecule has 0 radical (unpaired) electrons. The lowest BCUT2D eigenvalue weighted by Gasteiger charge is -2.21. The molecule has 0 amide bonds. The molecule has 0 spiro atoms. The maximum atomic E-state index is 14.6. The summed E-state index contributed by atoms with van der Waals surface area (Å²) in [6, 6.07) is 3.00. The number of nitrogens with two attached hydrogens (primary N) is 1. The van der Waals surface area contributed by atoms with Crippen molar-refractivity contribution in [3.8, 4) is 5.75 Å². The molecule has 1 aromatic heterocycles.